The first kappa shape index (κ1) is 72.3. The topological polar surface area (TPSA) is 78.9 Å². The van der Waals surface area contributed by atoms with Crippen molar-refractivity contribution in [3.05, 3.63) is 97.2 Å². The Morgan fingerprint density at radius 2 is 0.526 bits per heavy atom. The summed E-state index contributed by atoms with van der Waals surface area (Å²) in [5.74, 6) is -0.955. The van der Waals surface area contributed by atoms with Crippen LogP contribution in [-0.2, 0) is 28.6 Å². The third-order valence-electron chi connectivity index (χ3n) is 13.8. The molecule has 0 aliphatic carbocycles. The van der Waals surface area contributed by atoms with Crippen molar-refractivity contribution in [2.45, 2.75) is 316 Å². The Labute approximate surface area is 470 Å². The van der Waals surface area contributed by atoms with E-state index < -0.39 is 6.10 Å². The summed E-state index contributed by atoms with van der Waals surface area (Å²) in [4.78, 5) is 38.3. The SMILES string of the molecule is CC/C=C\C/C=C\C/C=C\C/C=C\C/C=C\C/C=C\C/C=C\CCCC(=O)OCC(COC(=O)CCCCCCC/C=C\CCCCCCCC)OC(=O)CCCCCCCCCCCCCCCCCCCCCC. The number of allylic oxidation sites excluding steroid dienone is 16. The fraction of sp³-hybridized carbons (Fsp3) is 0.729. The standard InChI is InChI=1S/C70H120O6/c1-4-7-10-13-16-19-22-25-28-30-32-34-35-36-38-39-42-45-48-51-54-57-60-63-69(72)75-66-67(65-74-68(71)62-59-56-53-50-47-44-41-27-24-21-18-15-12-9-6-3)76-70(73)64-61-58-55-52-49-46-43-40-37-33-31-29-26-23-20-17-14-11-8-5-2/h7,10,16,19,25,27-28,32,34,36,38,41-42,45,51,54,67H,4-6,8-9,11-15,17-18,20-24,26,29-31,33,35,37,39-40,43-44,46-50,52-53,55-66H2,1-3H3/b10-7-,19-16-,28-25-,34-32-,38-36-,41-27-,45-42-,54-51-. The minimum atomic E-state index is -0.805. The van der Waals surface area contributed by atoms with Gasteiger partial charge in [0.05, 0.1) is 0 Å². The second kappa shape index (κ2) is 63.9. The Hall–Kier alpha value is -3.67. The summed E-state index contributed by atoms with van der Waals surface area (Å²) in [7, 11) is 0. The van der Waals surface area contributed by atoms with E-state index in [2.05, 4.69) is 118 Å². The second-order valence-corrected chi connectivity index (χ2v) is 21.3. The first-order valence-electron chi connectivity index (χ1n) is 32.2. The van der Waals surface area contributed by atoms with Gasteiger partial charge in [0.2, 0.25) is 0 Å². The summed E-state index contributed by atoms with van der Waals surface area (Å²) >= 11 is 0. The molecule has 0 heterocycles. The Balaban J connectivity index is 4.46. The van der Waals surface area contributed by atoms with Crippen LogP contribution in [0.5, 0.6) is 0 Å². The monoisotopic (exact) mass is 1060 g/mol. The molecule has 0 amide bonds. The van der Waals surface area contributed by atoms with Crippen molar-refractivity contribution in [3.63, 3.8) is 0 Å². The van der Waals surface area contributed by atoms with Crippen molar-refractivity contribution >= 4 is 17.9 Å². The highest BCUT2D eigenvalue weighted by atomic mass is 16.6. The lowest BCUT2D eigenvalue weighted by Crippen LogP contribution is -2.30. The van der Waals surface area contributed by atoms with Crippen molar-refractivity contribution in [2.75, 3.05) is 13.2 Å². The molecule has 76 heavy (non-hydrogen) atoms. The van der Waals surface area contributed by atoms with Crippen LogP contribution in [-0.4, -0.2) is 37.2 Å². The lowest BCUT2D eigenvalue weighted by atomic mass is 10.0. The van der Waals surface area contributed by atoms with Crippen LogP contribution in [0.25, 0.3) is 0 Å². The third-order valence-corrected chi connectivity index (χ3v) is 13.8. The summed E-state index contributed by atoms with van der Waals surface area (Å²) in [5, 5.41) is 0. The highest BCUT2D eigenvalue weighted by Crippen LogP contribution is 2.17. The summed E-state index contributed by atoms with van der Waals surface area (Å²) in [6.45, 7) is 6.50. The van der Waals surface area contributed by atoms with Crippen LogP contribution >= 0.6 is 0 Å². The van der Waals surface area contributed by atoms with Crippen molar-refractivity contribution in [1.29, 1.82) is 0 Å². The van der Waals surface area contributed by atoms with E-state index in [1.54, 1.807) is 0 Å². The number of carbonyl (C=O) groups is 3. The molecule has 6 nitrogen and oxygen atoms in total. The van der Waals surface area contributed by atoms with Gasteiger partial charge in [0.15, 0.2) is 6.10 Å². The van der Waals surface area contributed by atoms with Crippen LogP contribution in [0.2, 0.25) is 0 Å². The van der Waals surface area contributed by atoms with Gasteiger partial charge in [-0.2, -0.15) is 0 Å². The molecular formula is C70H120O6. The molecule has 0 N–H and O–H groups in total. The van der Waals surface area contributed by atoms with Crippen molar-refractivity contribution in [3.8, 4) is 0 Å². The van der Waals surface area contributed by atoms with Crippen molar-refractivity contribution in [1.82, 2.24) is 0 Å². The predicted octanol–water partition coefficient (Wildman–Crippen LogP) is 22.0. The first-order chi connectivity index (χ1) is 37.5. The molecule has 0 fully saturated rings. The fourth-order valence-electron chi connectivity index (χ4n) is 9.02. The minimum Gasteiger partial charge on any atom is -0.462 e. The second-order valence-electron chi connectivity index (χ2n) is 21.3. The van der Waals surface area contributed by atoms with Gasteiger partial charge in [-0.3, -0.25) is 14.4 Å². The molecular weight excluding hydrogens is 937 g/mol. The van der Waals surface area contributed by atoms with Gasteiger partial charge in [0.25, 0.3) is 0 Å². The van der Waals surface area contributed by atoms with Crippen molar-refractivity contribution < 1.29 is 28.6 Å². The number of hydrogen-bond donors (Lipinski definition) is 0. The lowest BCUT2D eigenvalue weighted by molar-refractivity contribution is -0.167. The van der Waals surface area contributed by atoms with Crippen LogP contribution in [0.4, 0.5) is 0 Å². The molecule has 1 unspecified atom stereocenters. The fourth-order valence-corrected chi connectivity index (χ4v) is 9.02. The van der Waals surface area contributed by atoms with Gasteiger partial charge >= 0.3 is 17.9 Å². The summed E-state index contributed by atoms with van der Waals surface area (Å²) in [6.07, 6.45) is 85.6. The van der Waals surface area contributed by atoms with E-state index in [4.69, 9.17) is 14.2 Å². The Morgan fingerprint density at radius 1 is 0.276 bits per heavy atom. The van der Waals surface area contributed by atoms with E-state index in [1.807, 2.05) is 0 Å². The Morgan fingerprint density at radius 3 is 0.868 bits per heavy atom. The molecule has 0 radical (unpaired) electrons. The predicted molar refractivity (Wildman–Crippen MR) is 330 cm³/mol. The van der Waals surface area contributed by atoms with Crippen molar-refractivity contribution in [2.24, 2.45) is 0 Å². The number of unbranched alkanes of at least 4 members (excludes halogenated alkanes) is 31. The van der Waals surface area contributed by atoms with E-state index in [-0.39, 0.29) is 37.5 Å². The Bertz CT molecular complexity index is 1490. The molecule has 0 spiro atoms. The van der Waals surface area contributed by atoms with Gasteiger partial charge in [-0.05, 0) is 96.3 Å². The molecule has 0 aliphatic rings. The van der Waals surface area contributed by atoms with E-state index in [0.717, 1.165) is 96.3 Å². The highest BCUT2D eigenvalue weighted by Gasteiger charge is 2.19. The van der Waals surface area contributed by atoms with Gasteiger partial charge in [-0.15, -0.1) is 0 Å². The third kappa shape index (κ3) is 61.2. The summed E-state index contributed by atoms with van der Waals surface area (Å²) < 4.78 is 16.9. The molecule has 0 aromatic carbocycles. The van der Waals surface area contributed by atoms with E-state index in [9.17, 15) is 14.4 Å². The zero-order valence-electron chi connectivity index (χ0n) is 50.0. The molecule has 0 aliphatic heterocycles. The average Bonchev–Trinajstić information content (AvgIpc) is 3.42. The zero-order chi connectivity index (χ0) is 55.0. The van der Waals surface area contributed by atoms with Crippen LogP contribution < -0.4 is 0 Å². The van der Waals surface area contributed by atoms with Gasteiger partial charge in [-0.1, -0.05) is 291 Å². The smallest absolute Gasteiger partial charge is 0.306 e. The first-order valence-corrected chi connectivity index (χ1v) is 32.2. The quantitative estimate of drug-likeness (QED) is 0.0261. The molecule has 6 heteroatoms. The molecule has 0 aromatic rings. The molecule has 0 saturated heterocycles. The van der Waals surface area contributed by atoms with Gasteiger partial charge < -0.3 is 14.2 Å². The Kier molecular flexibility index (Phi) is 60.8. The van der Waals surface area contributed by atoms with Crippen LogP contribution in [0.3, 0.4) is 0 Å². The van der Waals surface area contributed by atoms with E-state index in [1.165, 1.54) is 167 Å². The molecule has 0 rings (SSSR count). The van der Waals surface area contributed by atoms with Crippen LogP contribution in [0, 0.1) is 0 Å². The number of hydrogen-bond acceptors (Lipinski definition) is 6. The number of rotatable bonds is 58. The van der Waals surface area contributed by atoms with Crippen LogP contribution in [0.1, 0.15) is 310 Å². The molecule has 0 saturated carbocycles. The molecule has 0 aromatic heterocycles. The maximum atomic E-state index is 12.9. The largest absolute Gasteiger partial charge is 0.462 e. The lowest BCUT2D eigenvalue weighted by Gasteiger charge is -2.18. The summed E-state index contributed by atoms with van der Waals surface area (Å²) in [6, 6.07) is 0. The number of carbonyl (C=O) groups excluding carboxylic acids is 3. The molecule has 1 atom stereocenters. The number of ether oxygens (including phenoxy) is 3. The maximum Gasteiger partial charge on any atom is 0.306 e. The molecule has 436 valence electrons. The van der Waals surface area contributed by atoms with E-state index >= 15 is 0 Å². The maximum absolute atomic E-state index is 12.9. The van der Waals surface area contributed by atoms with Gasteiger partial charge in [0.1, 0.15) is 13.2 Å². The van der Waals surface area contributed by atoms with Gasteiger partial charge in [-0.25, -0.2) is 0 Å². The van der Waals surface area contributed by atoms with Crippen LogP contribution in [0.15, 0.2) is 97.2 Å². The molecule has 0 bridgehead atoms. The highest BCUT2D eigenvalue weighted by molar-refractivity contribution is 5.71. The number of esters is 3. The van der Waals surface area contributed by atoms with E-state index in [0.29, 0.717) is 19.3 Å². The summed E-state index contributed by atoms with van der Waals surface area (Å²) in [5.41, 5.74) is 0. The van der Waals surface area contributed by atoms with Gasteiger partial charge in [0, 0.05) is 19.3 Å². The zero-order valence-corrected chi connectivity index (χ0v) is 50.0. The normalized spacial score (nSPS) is 12.7. The minimum absolute atomic E-state index is 0.0977. The average molecular weight is 1060 g/mol.